The highest BCUT2D eigenvalue weighted by Crippen LogP contribution is 2.29. The fraction of sp³-hybridized carbons (Fsp3) is 0.111. The lowest BCUT2D eigenvalue weighted by Gasteiger charge is -2.12. The molecule has 0 unspecified atom stereocenters. The standard InChI is InChI=1S/C27H25N3O2/c31-27(29-20-22-7-6-17-28-19-22)30-24-14-12-21(13-15-24)16-18-32-26-11-5-4-10-25(26)23-8-2-1-3-9-23/h1-15,17,19H,16,18,20H2,(H2,29,30,31). The van der Waals surface area contributed by atoms with Crippen LogP contribution in [-0.2, 0) is 13.0 Å². The molecule has 0 saturated heterocycles. The highest BCUT2D eigenvalue weighted by Gasteiger charge is 2.06. The maximum atomic E-state index is 12.1. The first-order valence-corrected chi connectivity index (χ1v) is 10.6. The van der Waals surface area contributed by atoms with E-state index in [9.17, 15) is 4.79 Å². The fourth-order valence-corrected chi connectivity index (χ4v) is 3.34. The van der Waals surface area contributed by atoms with Crippen molar-refractivity contribution in [1.29, 1.82) is 0 Å². The van der Waals surface area contributed by atoms with Crippen LogP contribution >= 0.6 is 0 Å². The summed E-state index contributed by atoms with van der Waals surface area (Å²) in [6.07, 6.45) is 4.21. The van der Waals surface area contributed by atoms with Crippen molar-refractivity contribution in [1.82, 2.24) is 10.3 Å². The van der Waals surface area contributed by atoms with Gasteiger partial charge in [-0.1, -0.05) is 66.7 Å². The van der Waals surface area contributed by atoms with Crippen LogP contribution in [0.2, 0.25) is 0 Å². The first kappa shape index (κ1) is 21.1. The zero-order valence-corrected chi connectivity index (χ0v) is 17.7. The van der Waals surface area contributed by atoms with Crippen LogP contribution in [0.4, 0.5) is 10.5 Å². The van der Waals surface area contributed by atoms with E-state index in [1.165, 1.54) is 0 Å². The van der Waals surface area contributed by atoms with E-state index in [2.05, 4.69) is 33.8 Å². The molecule has 5 heteroatoms. The SMILES string of the molecule is O=C(NCc1cccnc1)Nc1ccc(CCOc2ccccc2-c2ccccc2)cc1. The van der Waals surface area contributed by atoms with Crippen molar-refractivity contribution < 1.29 is 9.53 Å². The predicted molar refractivity (Wildman–Crippen MR) is 128 cm³/mol. The van der Waals surface area contributed by atoms with Crippen LogP contribution in [0.15, 0.2) is 103 Å². The Balaban J connectivity index is 1.26. The first-order valence-electron chi connectivity index (χ1n) is 10.6. The third-order valence-corrected chi connectivity index (χ3v) is 5.01. The molecule has 4 aromatic rings. The van der Waals surface area contributed by atoms with Gasteiger partial charge in [-0.25, -0.2) is 4.79 Å². The lowest BCUT2D eigenvalue weighted by molar-refractivity contribution is 0.251. The summed E-state index contributed by atoms with van der Waals surface area (Å²) >= 11 is 0. The molecular formula is C27H25N3O2. The number of para-hydroxylation sites is 1. The summed E-state index contributed by atoms with van der Waals surface area (Å²) in [6.45, 7) is 1.00. The van der Waals surface area contributed by atoms with E-state index in [0.717, 1.165) is 40.1 Å². The number of urea groups is 1. The largest absolute Gasteiger partial charge is 0.493 e. The van der Waals surface area contributed by atoms with Gasteiger partial charge < -0.3 is 15.4 Å². The number of hydrogen-bond acceptors (Lipinski definition) is 3. The van der Waals surface area contributed by atoms with E-state index in [1.807, 2.05) is 72.8 Å². The van der Waals surface area contributed by atoms with Gasteiger partial charge in [0.1, 0.15) is 5.75 Å². The molecule has 1 heterocycles. The molecule has 0 fully saturated rings. The minimum absolute atomic E-state index is 0.248. The number of carbonyl (C=O) groups excluding carboxylic acids is 1. The quantitative estimate of drug-likeness (QED) is 0.383. The van der Waals surface area contributed by atoms with E-state index in [4.69, 9.17) is 4.74 Å². The van der Waals surface area contributed by atoms with E-state index in [0.29, 0.717) is 13.2 Å². The van der Waals surface area contributed by atoms with Gasteiger partial charge in [0.05, 0.1) is 6.61 Å². The van der Waals surface area contributed by atoms with Crippen LogP contribution < -0.4 is 15.4 Å². The van der Waals surface area contributed by atoms with Crippen molar-refractivity contribution in [2.75, 3.05) is 11.9 Å². The Morgan fingerprint density at radius 2 is 1.59 bits per heavy atom. The van der Waals surface area contributed by atoms with E-state index in [1.54, 1.807) is 12.4 Å². The van der Waals surface area contributed by atoms with Crippen LogP contribution in [0.25, 0.3) is 11.1 Å². The van der Waals surface area contributed by atoms with Crippen LogP contribution in [0.1, 0.15) is 11.1 Å². The summed E-state index contributed by atoms with van der Waals surface area (Å²) in [5.41, 5.74) is 5.06. The molecule has 0 saturated carbocycles. The van der Waals surface area contributed by atoms with Gasteiger partial charge in [0.2, 0.25) is 0 Å². The van der Waals surface area contributed by atoms with Crippen molar-refractivity contribution >= 4 is 11.7 Å². The molecule has 4 rings (SSSR count). The second-order valence-electron chi connectivity index (χ2n) is 7.33. The Bertz CT molecular complexity index is 1130. The van der Waals surface area contributed by atoms with Gasteiger partial charge in [0.15, 0.2) is 0 Å². The maximum Gasteiger partial charge on any atom is 0.319 e. The molecule has 2 amide bonds. The van der Waals surface area contributed by atoms with Gasteiger partial charge >= 0.3 is 6.03 Å². The van der Waals surface area contributed by atoms with Crippen molar-refractivity contribution in [3.63, 3.8) is 0 Å². The molecule has 32 heavy (non-hydrogen) atoms. The molecule has 0 bridgehead atoms. The molecule has 0 aliphatic carbocycles. The van der Waals surface area contributed by atoms with Crippen LogP contribution in [0.5, 0.6) is 5.75 Å². The molecule has 5 nitrogen and oxygen atoms in total. The normalized spacial score (nSPS) is 10.4. The number of anilines is 1. The fourth-order valence-electron chi connectivity index (χ4n) is 3.34. The molecule has 2 N–H and O–H groups in total. The van der Waals surface area contributed by atoms with Gasteiger partial charge in [-0.3, -0.25) is 4.98 Å². The van der Waals surface area contributed by atoms with Crippen molar-refractivity contribution in [3.8, 4) is 16.9 Å². The number of aromatic nitrogens is 1. The van der Waals surface area contributed by atoms with Gasteiger partial charge in [-0.2, -0.15) is 0 Å². The van der Waals surface area contributed by atoms with Gasteiger partial charge in [0.25, 0.3) is 0 Å². The Morgan fingerprint density at radius 3 is 2.38 bits per heavy atom. The third-order valence-electron chi connectivity index (χ3n) is 5.01. The average molecular weight is 424 g/mol. The van der Waals surface area contributed by atoms with Gasteiger partial charge in [-0.05, 0) is 41.0 Å². The smallest absolute Gasteiger partial charge is 0.319 e. The zero-order valence-electron chi connectivity index (χ0n) is 17.7. The number of carbonyl (C=O) groups is 1. The lowest BCUT2D eigenvalue weighted by Crippen LogP contribution is -2.28. The minimum atomic E-state index is -0.248. The Morgan fingerprint density at radius 1 is 0.812 bits per heavy atom. The highest BCUT2D eigenvalue weighted by molar-refractivity contribution is 5.89. The number of hydrogen-bond donors (Lipinski definition) is 2. The molecule has 0 radical (unpaired) electrons. The molecule has 1 aromatic heterocycles. The summed E-state index contributed by atoms with van der Waals surface area (Å²) in [4.78, 5) is 16.1. The number of amides is 2. The number of pyridine rings is 1. The summed E-state index contributed by atoms with van der Waals surface area (Å²) < 4.78 is 6.08. The molecule has 160 valence electrons. The summed E-state index contributed by atoms with van der Waals surface area (Å²) in [5, 5.41) is 5.67. The van der Waals surface area contributed by atoms with Crippen molar-refractivity contribution in [2.45, 2.75) is 13.0 Å². The van der Waals surface area contributed by atoms with Gasteiger partial charge in [0, 0.05) is 36.6 Å². The maximum absolute atomic E-state index is 12.1. The summed E-state index contributed by atoms with van der Waals surface area (Å²) in [5.74, 6) is 0.877. The third kappa shape index (κ3) is 5.95. The molecular weight excluding hydrogens is 398 g/mol. The van der Waals surface area contributed by atoms with Crippen LogP contribution in [0, 0.1) is 0 Å². The molecule has 0 aliphatic heterocycles. The summed E-state index contributed by atoms with van der Waals surface area (Å²) in [6, 6.07) is 29.6. The first-order chi connectivity index (χ1) is 15.8. The topological polar surface area (TPSA) is 63.2 Å². The number of ether oxygens (including phenoxy) is 1. The number of nitrogens with one attached hydrogen (secondary N) is 2. The number of nitrogens with zero attached hydrogens (tertiary/aromatic N) is 1. The van der Waals surface area contributed by atoms with Crippen LogP contribution in [0.3, 0.4) is 0 Å². The molecule has 0 aliphatic rings. The van der Waals surface area contributed by atoms with Crippen molar-refractivity contribution in [2.24, 2.45) is 0 Å². The molecule has 0 atom stereocenters. The number of rotatable bonds is 8. The second-order valence-corrected chi connectivity index (χ2v) is 7.33. The lowest BCUT2D eigenvalue weighted by atomic mass is 10.0. The Labute approximate surface area is 188 Å². The highest BCUT2D eigenvalue weighted by atomic mass is 16.5. The predicted octanol–water partition coefficient (Wildman–Crippen LogP) is 5.69. The average Bonchev–Trinajstić information content (AvgIpc) is 2.85. The number of benzene rings is 3. The zero-order chi connectivity index (χ0) is 22.0. The second kappa shape index (κ2) is 10.8. The van der Waals surface area contributed by atoms with E-state index in [-0.39, 0.29) is 6.03 Å². The molecule has 0 spiro atoms. The van der Waals surface area contributed by atoms with Gasteiger partial charge in [-0.15, -0.1) is 0 Å². The molecule has 3 aromatic carbocycles. The van der Waals surface area contributed by atoms with E-state index < -0.39 is 0 Å². The minimum Gasteiger partial charge on any atom is -0.493 e. The monoisotopic (exact) mass is 423 g/mol. The summed E-state index contributed by atoms with van der Waals surface area (Å²) in [7, 11) is 0. The Kier molecular flexibility index (Phi) is 7.11. The Hall–Kier alpha value is -4.12. The van der Waals surface area contributed by atoms with E-state index >= 15 is 0 Å². The van der Waals surface area contributed by atoms with Crippen LogP contribution in [-0.4, -0.2) is 17.6 Å². The van der Waals surface area contributed by atoms with Crippen molar-refractivity contribution in [3.05, 3.63) is 115 Å².